The first kappa shape index (κ1) is 30.5. The number of rotatable bonds is 13. The van der Waals surface area contributed by atoms with E-state index in [1.807, 2.05) is 104 Å². The number of ether oxygens (including phenoxy) is 1. The Balaban J connectivity index is 1.15. The van der Waals surface area contributed by atoms with Crippen molar-refractivity contribution in [2.45, 2.75) is 45.6 Å². The van der Waals surface area contributed by atoms with Crippen LogP contribution in [0.4, 0.5) is 5.69 Å². The number of aromatic nitrogens is 4. The van der Waals surface area contributed by atoms with Crippen molar-refractivity contribution < 1.29 is 13.9 Å². The van der Waals surface area contributed by atoms with E-state index >= 15 is 0 Å². The summed E-state index contributed by atoms with van der Waals surface area (Å²) in [5.74, 6) is 3.80. The van der Waals surface area contributed by atoms with Crippen LogP contribution < -0.4 is 10.1 Å². The van der Waals surface area contributed by atoms with Gasteiger partial charge in [-0.2, -0.15) is 5.10 Å². The summed E-state index contributed by atoms with van der Waals surface area (Å²) in [5.41, 5.74) is 4.91. The van der Waals surface area contributed by atoms with E-state index in [2.05, 4.69) is 46.5 Å². The molecule has 0 radical (unpaired) electrons. The zero-order valence-electron chi connectivity index (χ0n) is 26.2. The smallest absolute Gasteiger partial charge is 0.226 e. The summed E-state index contributed by atoms with van der Waals surface area (Å²) in [4.78, 5) is 22.9. The third kappa shape index (κ3) is 7.24. The van der Waals surface area contributed by atoms with Crippen molar-refractivity contribution in [3.63, 3.8) is 0 Å². The Morgan fingerprint density at radius 1 is 0.870 bits per heavy atom. The number of H-pyrrole nitrogens is 1. The lowest BCUT2D eigenvalue weighted by Crippen LogP contribution is -2.18. The van der Waals surface area contributed by atoms with Gasteiger partial charge in [-0.1, -0.05) is 86.6 Å². The first-order valence-electron chi connectivity index (χ1n) is 15.6. The molecule has 2 aromatic heterocycles. The van der Waals surface area contributed by atoms with E-state index < -0.39 is 0 Å². The number of anilines is 1. The van der Waals surface area contributed by atoms with Crippen LogP contribution in [-0.4, -0.2) is 32.6 Å². The van der Waals surface area contributed by atoms with Crippen molar-refractivity contribution in [2.24, 2.45) is 0 Å². The number of hydrogen-bond donors (Lipinski definition) is 2. The second-order valence-electron chi connectivity index (χ2n) is 11.5. The van der Waals surface area contributed by atoms with E-state index in [-0.39, 0.29) is 17.7 Å². The lowest BCUT2D eigenvalue weighted by Gasteiger charge is -2.20. The minimum atomic E-state index is -0.259. The van der Waals surface area contributed by atoms with E-state index in [4.69, 9.17) is 14.1 Å². The summed E-state index contributed by atoms with van der Waals surface area (Å²) in [5, 5.41) is 11.2. The highest BCUT2D eigenvalue weighted by atomic mass is 16.5. The van der Waals surface area contributed by atoms with Gasteiger partial charge in [-0.05, 0) is 55.3 Å². The van der Waals surface area contributed by atoms with Crippen molar-refractivity contribution in [3.05, 3.63) is 149 Å². The fraction of sp³-hybridized carbons (Fsp3) is 0.211. The van der Waals surface area contributed by atoms with Gasteiger partial charge in [0, 0.05) is 34.7 Å². The molecule has 1 atom stereocenters. The van der Waals surface area contributed by atoms with Gasteiger partial charge in [-0.3, -0.25) is 9.89 Å². The van der Waals surface area contributed by atoms with Crippen LogP contribution >= 0.6 is 0 Å². The Kier molecular flexibility index (Phi) is 9.34. The lowest BCUT2D eigenvalue weighted by molar-refractivity contribution is 0.103. The Bertz CT molecular complexity index is 1880. The van der Waals surface area contributed by atoms with E-state index in [9.17, 15) is 4.79 Å². The summed E-state index contributed by atoms with van der Waals surface area (Å²) in [6, 6.07) is 34.6. The van der Waals surface area contributed by atoms with Gasteiger partial charge in [0.15, 0.2) is 11.6 Å². The van der Waals surface area contributed by atoms with E-state index in [0.29, 0.717) is 42.3 Å². The topological polar surface area (TPSA) is 106 Å². The van der Waals surface area contributed by atoms with Crippen LogP contribution in [0.25, 0.3) is 11.5 Å². The van der Waals surface area contributed by atoms with Crippen molar-refractivity contribution in [3.8, 4) is 17.2 Å². The molecule has 2 heterocycles. The van der Waals surface area contributed by atoms with Crippen LogP contribution in [0.1, 0.15) is 70.4 Å². The minimum Gasteiger partial charge on any atom is -0.493 e. The number of aryl methyl sites for hydroxylation is 1. The Hall–Kier alpha value is -5.50. The fourth-order valence-electron chi connectivity index (χ4n) is 5.24. The van der Waals surface area contributed by atoms with E-state index in [1.165, 1.54) is 0 Å². The van der Waals surface area contributed by atoms with Crippen molar-refractivity contribution in [1.29, 1.82) is 0 Å². The van der Waals surface area contributed by atoms with Gasteiger partial charge in [0.05, 0.1) is 18.3 Å². The molecule has 0 aliphatic heterocycles. The van der Waals surface area contributed by atoms with Crippen LogP contribution in [0.5, 0.6) is 5.75 Å². The predicted octanol–water partition coefficient (Wildman–Crippen LogP) is 8.14. The molecule has 4 aromatic carbocycles. The van der Waals surface area contributed by atoms with Gasteiger partial charge >= 0.3 is 0 Å². The molecule has 8 heteroatoms. The molecule has 46 heavy (non-hydrogen) atoms. The fourth-order valence-corrected chi connectivity index (χ4v) is 5.24. The second-order valence-corrected chi connectivity index (χ2v) is 11.5. The molecule has 0 spiro atoms. The summed E-state index contributed by atoms with van der Waals surface area (Å²) in [6.45, 7) is 6.54. The molecule has 0 fully saturated rings. The Morgan fingerprint density at radius 2 is 1.57 bits per heavy atom. The normalized spacial score (nSPS) is 11.8. The number of carbonyl (C=O) groups excluding carboxylic acids is 1. The predicted molar refractivity (Wildman–Crippen MR) is 179 cm³/mol. The Labute approximate surface area is 268 Å². The quantitative estimate of drug-likeness (QED) is 0.127. The molecular weight excluding hydrogens is 574 g/mol. The molecule has 0 aliphatic carbocycles. The highest BCUT2D eigenvalue weighted by Crippen LogP contribution is 2.28. The van der Waals surface area contributed by atoms with Crippen LogP contribution in [0.2, 0.25) is 0 Å². The molecule has 0 saturated heterocycles. The summed E-state index contributed by atoms with van der Waals surface area (Å²) < 4.78 is 12.0. The van der Waals surface area contributed by atoms with Crippen LogP contribution in [0, 0.1) is 6.92 Å². The average molecular weight is 612 g/mol. The number of oxazole rings is 1. The molecule has 6 aromatic rings. The maximum atomic E-state index is 13.4. The van der Waals surface area contributed by atoms with Gasteiger partial charge < -0.3 is 14.5 Å². The summed E-state index contributed by atoms with van der Waals surface area (Å²) >= 11 is 0. The van der Waals surface area contributed by atoms with Gasteiger partial charge in [0.2, 0.25) is 5.89 Å². The molecule has 0 bridgehead atoms. The number of benzene rings is 4. The maximum Gasteiger partial charge on any atom is 0.226 e. The number of carbonyl (C=O) groups is 1. The Morgan fingerprint density at radius 3 is 2.28 bits per heavy atom. The number of nitrogens with zero attached hydrogens (tertiary/aromatic N) is 3. The highest BCUT2D eigenvalue weighted by Gasteiger charge is 2.21. The van der Waals surface area contributed by atoms with Crippen LogP contribution in [0.15, 0.2) is 114 Å². The molecule has 8 nitrogen and oxygen atoms in total. The molecule has 2 N–H and O–H groups in total. The molecule has 0 amide bonds. The second kappa shape index (κ2) is 14.1. The van der Waals surface area contributed by atoms with Crippen LogP contribution in [0.3, 0.4) is 0 Å². The van der Waals surface area contributed by atoms with Crippen molar-refractivity contribution in [1.82, 2.24) is 20.2 Å². The van der Waals surface area contributed by atoms with E-state index in [0.717, 1.165) is 39.8 Å². The third-order valence-electron chi connectivity index (χ3n) is 7.79. The first-order chi connectivity index (χ1) is 22.4. The first-order valence-corrected chi connectivity index (χ1v) is 15.6. The molecule has 0 unspecified atom stereocenters. The molecular formula is C38H37N5O3. The molecule has 0 aliphatic rings. The van der Waals surface area contributed by atoms with Crippen molar-refractivity contribution >= 4 is 11.5 Å². The van der Waals surface area contributed by atoms with E-state index in [1.54, 1.807) is 0 Å². The van der Waals surface area contributed by atoms with Gasteiger partial charge in [-0.15, -0.1) is 0 Å². The minimum absolute atomic E-state index is 0.0403. The number of nitrogens with one attached hydrogen (secondary N) is 2. The average Bonchev–Trinajstić information content (AvgIpc) is 3.74. The SMILES string of the molecule is Cc1oc(-c2ccccc2)nc1CCOc1ccc(C[C@H](Nc2ccccc2C(=O)c2ccccc2)c2nc(C(C)C)n[nH]2)cc1. The summed E-state index contributed by atoms with van der Waals surface area (Å²) in [6.07, 6.45) is 1.25. The maximum absolute atomic E-state index is 13.4. The largest absolute Gasteiger partial charge is 0.493 e. The monoisotopic (exact) mass is 611 g/mol. The highest BCUT2D eigenvalue weighted by molar-refractivity contribution is 6.12. The van der Waals surface area contributed by atoms with Crippen LogP contribution in [-0.2, 0) is 12.8 Å². The van der Waals surface area contributed by atoms with Crippen molar-refractivity contribution in [2.75, 3.05) is 11.9 Å². The number of ketones is 1. The standard InChI is InChI=1S/C38H37N5O3/c1-25(2)36-41-37(43-42-36)34(39-33-17-11-10-16-31(33)35(44)28-12-6-4-7-13-28)24-27-18-20-30(21-19-27)45-23-22-32-26(3)46-38(40-32)29-14-8-5-9-15-29/h4-21,25,34,39H,22-24H2,1-3H3,(H,41,42,43)/t34-/m0/s1. The van der Waals surface area contributed by atoms with Gasteiger partial charge in [0.1, 0.15) is 17.3 Å². The zero-order valence-corrected chi connectivity index (χ0v) is 26.2. The molecule has 6 rings (SSSR count). The third-order valence-corrected chi connectivity index (χ3v) is 7.79. The lowest BCUT2D eigenvalue weighted by atomic mass is 10.00. The number of hydrogen-bond acceptors (Lipinski definition) is 7. The molecule has 232 valence electrons. The van der Waals surface area contributed by atoms with Gasteiger partial charge in [-0.25, -0.2) is 9.97 Å². The van der Waals surface area contributed by atoms with Gasteiger partial charge in [0.25, 0.3) is 0 Å². The number of aromatic amines is 1. The summed E-state index contributed by atoms with van der Waals surface area (Å²) in [7, 11) is 0. The molecule has 0 saturated carbocycles. The zero-order chi connectivity index (χ0) is 31.9. The number of para-hydroxylation sites is 1.